The number of aliphatic carboxylic acids is 1. The van der Waals surface area contributed by atoms with Crippen molar-refractivity contribution in [3.05, 3.63) is 106 Å². The fraction of sp³-hybridized carbons (Fsp3) is 0.290. The minimum Gasteiger partial charge on any atom is -0.480 e. The van der Waals surface area contributed by atoms with E-state index in [1.807, 2.05) is 40.6 Å². The number of hydrogen-bond donors (Lipinski definition) is 1. The second-order valence-electron chi connectivity index (χ2n) is 9.97. The lowest BCUT2D eigenvalue weighted by atomic mass is 10.0. The number of nitrogens with zero attached hydrogens (tertiary/aromatic N) is 3. The Morgan fingerprint density at radius 3 is 2.16 bits per heavy atom. The highest BCUT2D eigenvalue weighted by Gasteiger charge is 2.14. The third-order valence-corrected chi connectivity index (χ3v) is 7.04. The van der Waals surface area contributed by atoms with E-state index in [9.17, 15) is 9.90 Å². The van der Waals surface area contributed by atoms with Crippen molar-refractivity contribution in [1.82, 2.24) is 9.88 Å². The Morgan fingerprint density at radius 2 is 1.51 bits per heavy atom. The molecule has 0 aliphatic carbocycles. The molecule has 192 valence electrons. The van der Waals surface area contributed by atoms with E-state index in [0.717, 1.165) is 40.5 Å². The zero-order chi connectivity index (χ0) is 26.2. The number of hydrogen-bond acceptors (Lipinski definition) is 5. The lowest BCUT2D eigenvalue weighted by Crippen LogP contribution is -2.28. The summed E-state index contributed by atoms with van der Waals surface area (Å²) in [5.74, 6) is -0.169. The highest BCUT2D eigenvalue weighted by molar-refractivity contribution is 7.09. The number of anilines is 1. The summed E-state index contributed by atoms with van der Waals surface area (Å²) in [7, 11) is 2.11. The molecule has 0 aliphatic heterocycles. The van der Waals surface area contributed by atoms with E-state index >= 15 is 0 Å². The van der Waals surface area contributed by atoms with Crippen LogP contribution in [0, 0.1) is 5.92 Å². The topological polar surface area (TPSA) is 56.7 Å². The van der Waals surface area contributed by atoms with Gasteiger partial charge in [-0.1, -0.05) is 80.6 Å². The molecule has 1 aromatic heterocycles. The largest absolute Gasteiger partial charge is 0.480 e. The lowest BCUT2D eigenvalue weighted by molar-refractivity contribution is -0.138. The van der Waals surface area contributed by atoms with Gasteiger partial charge in [-0.25, -0.2) is 4.98 Å². The van der Waals surface area contributed by atoms with Gasteiger partial charge in [-0.3, -0.25) is 9.69 Å². The number of benzene rings is 3. The van der Waals surface area contributed by atoms with E-state index in [1.54, 1.807) is 11.3 Å². The molecule has 6 heteroatoms. The van der Waals surface area contributed by atoms with E-state index in [4.69, 9.17) is 4.98 Å². The zero-order valence-corrected chi connectivity index (χ0v) is 22.6. The molecule has 1 heterocycles. The Labute approximate surface area is 224 Å². The second-order valence-corrected chi connectivity index (χ2v) is 10.9. The number of aromatic nitrogens is 1. The Bertz CT molecular complexity index is 1270. The number of rotatable bonds is 12. The van der Waals surface area contributed by atoms with Gasteiger partial charge in [-0.2, -0.15) is 0 Å². The van der Waals surface area contributed by atoms with Gasteiger partial charge >= 0.3 is 5.97 Å². The van der Waals surface area contributed by atoms with Crippen LogP contribution in [0.1, 0.15) is 35.5 Å². The van der Waals surface area contributed by atoms with Gasteiger partial charge in [0.25, 0.3) is 0 Å². The van der Waals surface area contributed by atoms with Crippen LogP contribution in [0.2, 0.25) is 0 Å². The minimum atomic E-state index is -0.834. The molecule has 0 radical (unpaired) electrons. The van der Waals surface area contributed by atoms with E-state index in [2.05, 4.69) is 74.3 Å². The summed E-state index contributed by atoms with van der Waals surface area (Å²) in [6.45, 7) is 6.40. The maximum absolute atomic E-state index is 11.4. The smallest absolute Gasteiger partial charge is 0.317 e. The van der Waals surface area contributed by atoms with Crippen molar-refractivity contribution in [3.8, 4) is 11.3 Å². The summed E-state index contributed by atoms with van der Waals surface area (Å²) in [5.41, 5.74) is 6.91. The normalized spacial score (nSPS) is 11.3. The SMILES string of the molecule is CC(C)Cc1ccc(CN(C)c2ccc(-c3csc(CN(CC(=O)O)Cc4ccccc4)n3)cc2)cc1. The predicted molar refractivity (Wildman–Crippen MR) is 153 cm³/mol. The average molecular weight is 514 g/mol. The van der Waals surface area contributed by atoms with Crippen LogP contribution >= 0.6 is 11.3 Å². The van der Waals surface area contributed by atoms with Gasteiger partial charge in [0.2, 0.25) is 0 Å². The lowest BCUT2D eigenvalue weighted by Gasteiger charge is -2.20. The van der Waals surface area contributed by atoms with Crippen molar-refractivity contribution in [1.29, 1.82) is 0 Å². The molecule has 3 aromatic carbocycles. The average Bonchev–Trinajstić information content (AvgIpc) is 3.33. The molecule has 0 saturated heterocycles. The van der Waals surface area contributed by atoms with Gasteiger partial charge in [0.15, 0.2) is 0 Å². The monoisotopic (exact) mass is 513 g/mol. The molecule has 5 nitrogen and oxygen atoms in total. The maximum Gasteiger partial charge on any atom is 0.317 e. The maximum atomic E-state index is 11.4. The van der Waals surface area contributed by atoms with Crippen molar-refractivity contribution in [2.45, 2.75) is 39.9 Å². The van der Waals surface area contributed by atoms with Gasteiger partial charge in [0.05, 0.1) is 18.8 Å². The summed E-state index contributed by atoms with van der Waals surface area (Å²) in [5, 5.41) is 12.3. The highest BCUT2D eigenvalue weighted by Crippen LogP contribution is 2.26. The molecule has 0 fully saturated rings. The minimum absolute atomic E-state index is 0.0225. The quantitative estimate of drug-likeness (QED) is 0.228. The first-order chi connectivity index (χ1) is 17.9. The molecule has 0 bridgehead atoms. The van der Waals surface area contributed by atoms with E-state index in [0.29, 0.717) is 19.0 Å². The number of carboxylic acid groups (broad SMARTS) is 1. The van der Waals surface area contributed by atoms with Crippen LogP contribution in [0.5, 0.6) is 0 Å². The van der Waals surface area contributed by atoms with Crippen molar-refractivity contribution in [2.24, 2.45) is 5.92 Å². The molecule has 0 aliphatic rings. The molecule has 0 amide bonds. The van der Waals surface area contributed by atoms with Gasteiger partial charge in [-0.15, -0.1) is 11.3 Å². The van der Waals surface area contributed by atoms with Gasteiger partial charge in [0.1, 0.15) is 5.01 Å². The zero-order valence-electron chi connectivity index (χ0n) is 21.8. The van der Waals surface area contributed by atoms with Crippen LogP contribution in [0.4, 0.5) is 5.69 Å². The first-order valence-electron chi connectivity index (χ1n) is 12.7. The highest BCUT2D eigenvalue weighted by atomic mass is 32.1. The molecule has 0 saturated carbocycles. The summed E-state index contributed by atoms with van der Waals surface area (Å²) < 4.78 is 0. The van der Waals surface area contributed by atoms with Gasteiger partial charge in [0, 0.05) is 36.8 Å². The summed E-state index contributed by atoms with van der Waals surface area (Å²) >= 11 is 1.57. The fourth-order valence-electron chi connectivity index (χ4n) is 4.41. The summed E-state index contributed by atoms with van der Waals surface area (Å²) in [4.78, 5) is 20.4. The fourth-order valence-corrected chi connectivity index (χ4v) is 5.26. The van der Waals surface area contributed by atoms with Crippen LogP contribution in [-0.2, 0) is 30.8 Å². The van der Waals surface area contributed by atoms with Crippen LogP contribution in [-0.4, -0.2) is 34.6 Å². The molecule has 0 unspecified atom stereocenters. The molecule has 1 N–H and O–H groups in total. The Morgan fingerprint density at radius 1 is 0.865 bits per heavy atom. The van der Waals surface area contributed by atoms with Crippen molar-refractivity contribution in [3.63, 3.8) is 0 Å². The van der Waals surface area contributed by atoms with Crippen LogP contribution in [0.15, 0.2) is 84.2 Å². The third-order valence-electron chi connectivity index (χ3n) is 6.21. The molecule has 4 rings (SSSR count). The second kappa shape index (κ2) is 12.7. The summed E-state index contributed by atoms with van der Waals surface area (Å²) in [6, 6.07) is 27.4. The van der Waals surface area contributed by atoms with Crippen molar-refractivity contribution >= 4 is 23.0 Å². The number of carboxylic acids is 1. The summed E-state index contributed by atoms with van der Waals surface area (Å²) in [6.07, 6.45) is 1.11. The molecule has 37 heavy (non-hydrogen) atoms. The van der Waals surface area contributed by atoms with Crippen LogP contribution < -0.4 is 4.90 Å². The first-order valence-corrected chi connectivity index (χ1v) is 13.6. The molecular weight excluding hydrogens is 478 g/mol. The van der Waals surface area contributed by atoms with E-state index in [-0.39, 0.29) is 6.54 Å². The van der Waals surface area contributed by atoms with Gasteiger partial charge in [-0.05, 0) is 41.2 Å². The van der Waals surface area contributed by atoms with Crippen molar-refractivity contribution < 1.29 is 9.90 Å². The Hall–Kier alpha value is -3.48. The van der Waals surface area contributed by atoms with E-state index in [1.165, 1.54) is 11.1 Å². The molecule has 0 atom stereocenters. The van der Waals surface area contributed by atoms with Crippen molar-refractivity contribution in [2.75, 3.05) is 18.5 Å². The number of thiazole rings is 1. The molecule has 4 aromatic rings. The molecular formula is C31H35N3O2S. The number of carbonyl (C=O) groups is 1. The predicted octanol–water partition coefficient (Wildman–Crippen LogP) is 6.73. The van der Waals surface area contributed by atoms with Crippen LogP contribution in [0.3, 0.4) is 0 Å². The third kappa shape index (κ3) is 8.00. The van der Waals surface area contributed by atoms with Gasteiger partial charge < -0.3 is 10.0 Å². The van der Waals surface area contributed by atoms with E-state index < -0.39 is 5.97 Å². The Kier molecular flexibility index (Phi) is 9.09. The standard InChI is InChI=1S/C31H35N3O2S/c1-23(2)17-24-9-11-26(12-10-24)18-33(3)28-15-13-27(14-16-28)29-22-37-30(32-29)20-34(21-31(35)36)19-25-7-5-4-6-8-25/h4-16,22-23H,17-21H2,1-3H3,(H,35,36). The van der Waals surface area contributed by atoms with Crippen LogP contribution in [0.25, 0.3) is 11.3 Å². The molecule has 0 spiro atoms. The Balaban J connectivity index is 1.38. The first kappa shape index (κ1) is 26.6.